The molecule has 0 aliphatic rings. The van der Waals surface area contributed by atoms with Crippen LogP contribution in [0.3, 0.4) is 0 Å². The van der Waals surface area contributed by atoms with Crippen LogP contribution in [0.15, 0.2) is 86.5 Å². The smallest absolute Gasteiger partial charge is 0.423 e. The number of hydrogen-bond acceptors (Lipinski definition) is 2. The van der Waals surface area contributed by atoms with Crippen LogP contribution in [0.1, 0.15) is 11.1 Å². The van der Waals surface area contributed by atoms with Crippen LogP contribution in [-0.2, 0) is 6.42 Å². The lowest BCUT2D eigenvalue weighted by atomic mass is 9.77. The maximum atomic E-state index is 9.45. The highest BCUT2D eigenvalue weighted by molar-refractivity contribution is 6.58. The van der Waals surface area contributed by atoms with Crippen molar-refractivity contribution in [3.05, 3.63) is 97.7 Å². The molecule has 3 heteroatoms. The number of benzene rings is 1. The van der Waals surface area contributed by atoms with Crippen LogP contribution in [0.2, 0.25) is 0 Å². The summed E-state index contributed by atoms with van der Waals surface area (Å²) >= 11 is 0. The van der Waals surface area contributed by atoms with Crippen LogP contribution >= 0.6 is 0 Å². The normalized spacial score (nSPS) is 11.8. The molecule has 0 radical (unpaired) electrons. The first-order valence-electron chi connectivity index (χ1n) is 7.02. The van der Waals surface area contributed by atoms with E-state index in [1.54, 1.807) is 30.4 Å². The van der Waals surface area contributed by atoms with Gasteiger partial charge in [0.1, 0.15) is 0 Å². The maximum Gasteiger partial charge on any atom is 0.488 e. The van der Waals surface area contributed by atoms with Crippen LogP contribution in [-0.4, -0.2) is 17.2 Å². The minimum absolute atomic E-state index is 0.458. The second-order valence-electron chi connectivity index (χ2n) is 4.65. The molecule has 22 heavy (non-hydrogen) atoms. The maximum absolute atomic E-state index is 9.45. The highest BCUT2D eigenvalue weighted by atomic mass is 16.4. The average Bonchev–Trinajstić information content (AvgIpc) is 2.52. The molecule has 2 N–H and O–H groups in total. The Morgan fingerprint density at radius 1 is 1.00 bits per heavy atom. The van der Waals surface area contributed by atoms with Gasteiger partial charge in [0.25, 0.3) is 0 Å². The summed E-state index contributed by atoms with van der Waals surface area (Å²) in [7, 11) is -1.50. The van der Waals surface area contributed by atoms with E-state index in [-0.39, 0.29) is 0 Å². The van der Waals surface area contributed by atoms with E-state index in [2.05, 4.69) is 19.7 Å². The van der Waals surface area contributed by atoms with Crippen molar-refractivity contribution in [2.75, 3.05) is 0 Å². The lowest BCUT2D eigenvalue weighted by Gasteiger charge is -2.09. The Morgan fingerprint density at radius 3 is 2.36 bits per heavy atom. The molecule has 0 aliphatic carbocycles. The van der Waals surface area contributed by atoms with Crippen molar-refractivity contribution >= 4 is 18.2 Å². The summed E-state index contributed by atoms with van der Waals surface area (Å²) < 4.78 is 0. The first-order chi connectivity index (χ1) is 10.6. The lowest BCUT2D eigenvalue weighted by Crippen LogP contribution is -2.30. The van der Waals surface area contributed by atoms with Gasteiger partial charge in [0.05, 0.1) is 0 Å². The predicted molar refractivity (Wildman–Crippen MR) is 96.8 cm³/mol. The first kappa shape index (κ1) is 17.7. The summed E-state index contributed by atoms with van der Waals surface area (Å²) in [6, 6.07) is 5.53. The van der Waals surface area contributed by atoms with Gasteiger partial charge < -0.3 is 10.0 Å². The Labute approximate surface area is 133 Å². The van der Waals surface area contributed by atoms with Crippen LogP contribution in [0.5, 0.6) is 0 Å². The first-order valence-corrected chi connectivity index (χ1v) is 7.02. The van der Waals surface area contributed by atoms with E-state index in [1.165, 1.54) is 0 Å². The topological polar surface area (TPSA) is 40.5 Å². The molecule has 0 heterocycles. The standard InChI is InChI=1S/C19H21BO2/c1-4-7-8-9-10-12-16-13-18(17(6-3)11-5-2)15-19(14-16)20(21)22/h4-11,13-15,21-22H,1-3,12H2/b8-7-,10-9-,17-11+. The summed E-state index contributed by atoms with van der Waals surface area (Å²) in [4.78, 5) is 0. The fraction of sp³-hybridized carbons (Fsp3) is 0.0526. The Balaban J connectivity index is 3.14. The highest BCUT2D eigenvalue weighted by Gasteiger charge is 2.13. The van der Waals surface area contributed by atoms with Crippen molar-refractivity contribution in [2.45, 2.75) is 6.42 Å². The van der Waals surface area contributed by atoms with Crippen molar-refractivity contribution < 1.29 is 10.0 Å². The summed E-state index contributed by atoms with van der Waals surface area (Å²) in [6.07, 6.45) is 15.3. The Kier molecular flexibility index (Phi) is 7.69. The third kappa shape index (κ3) is 5.56. The molecule has 2 nitrogen and oxygen atoms in total. The van der Waals surface area contributed by atoms with Crippen LogP contribution in [0.4, 0.5) is 0 Å². The van der Waals surface area contributed by atoms with Gasteiger partial charge in [-0.1, -0.05) is 86.5 Å². The lowest BCUT2D eigenvalue weighted by molar-refractivity contribution is 0.425. The van der Waals surface area contributed by atoms with Crippen molar-refractivity contribution in [3.63, 3.8) is 0 Å². The van der Waals surface area contributed by atoms with E-state index < -0.39 is 7.12 Å². The molecule has 1 rings (SSSR count). The van der Waals surface area contributed by atoms with Gasteiger partial charge >= 0.3 is 7.12 Å². The zero-order valence-corrected chi connectivity index (χ0v) is 12.7. The van der Waals surface area contributed by atoms with Gasteiger partial charge in [-0.05, 0) is 28.6 Å². The molecule has 0 unspecified atom stereocenters. The molecule has 0 saturated carbocycles. The zero-order valence-electron chi connectivity index (χ0n) is 12.7. The quantitative estimate of drug-likeness (QED) is 0.571. The van der Waals surface area contributed by atoms with E-state index in [0.29, 0.717) is 11.9 Å². The minimum Gasteiger partial charge on any atom is -0.423 e. The largest absolute Gasteiger partial charge is 0.488 e. The van der Waals surface area contributed by atoms with Gasteiger partial charge in [0, 0.05) is 0 Å². The molecule has 112 valence electrons. The fourth-order valence-corrected chi connectivity index (χ4v) is 1.99. The summed E-state index contributed by atoms with van der Waals surface area (Å²) in [5.41, 5.74) is 3.21. The van der Waals surface area contributed by atoms with Gasteiger partial charge in [0.15, 0.2) is 0 Å². The van der Waals surface area contributed by atoms with Crippen LogP contribution in [0.25, 0.3) is 5.57 Å². The molecule has 0 fully saturated rings. The van der Waals surface area contributed by atoms with Gasteiger partial charge in [0.2, 0.25) is 0 Å². The molecular weight excluding hydrogens is 271 g/mol. The molecule has 1 aromatic carbocycles. The van der Waals surface area contributed by atoms with Gasteiger partial charge in [-0.3, -0.25) is 0 Å². The van der Waals surface area contributed by atoms with E-state index in [9.17, 15) is 10.0 Å². The molecule has 0 spiro atoms. The van der Waals surface area contributed by atoms with Crippen LogP contribution in [0, 0.1) is 0 Å². The average molecular weight is 292 g/mol. The number of hydrogen-bond donors (Lipinski definition) is 2. The molecule has 0 aromatic heterocycles. The number of rotatable bonds is 8. The Bertz CT molecular complexity index is 622. The Hall–Kier alpha value is -2.36. The summed E-state index contributed by atoms with van der Waals surface area (Å²) in [5.74, 6) is 0. The second kappa shape index (κ2) is 9.56. The van der Waals surface area contributed by atoms with Crippen molar-refractivity contribution in [1.29, 1.82) is 0 Å². The SMILES string of the molecule is C=C/C=C\C=C/Cc1cc(B(O)O)cc(/C(C=C)=C/C=C)c1. The second-order valence-corrected chi connectivity index (χ2v) is 4.65. The third-order valence-electron chi connectivity index (χ3n) is 3.01. The molecule has 0 saturated heterocycles. The monoisotopic (exact) mass is 292 g/mol. The molecule has 0 aliphatic heterocycles. The summed E-state index contributed by atoms with van der Waals surface area (Å²) in [5, 5.41) is 18.9. The molecule has 0 atom stereocenters. The predicted octanol–water partition coefficient (Wildman–Crippen LogP) is 2.96. The van der Waals surface area contributed by atoms with E-state index in [0.717, 1.165) is 16.7 Å². The number of allylic oxidation sites excluding steroid dienone is 9. The molecular formula is C19H21BO2. The fourth-order valence-electron chi connectivity index (χ4n) is 1.99. The molecule has 0 bridgehead atoms. The van der Waals surface area contributed by atoms with Crippen molar-refractivity contribution in [3.8, 4) is 0 Å². The van der Waals surface area contributed by atoms with E-state index >= 15 is 0 Å². The highest BCUT2D eigenvalue weighted by Crippen LogP contribution is 2.17. The van der Waals surface area contributed by atoms with Crippen molar-refractivity contribution in [1.82, 2.24) is 0 Å². The van der Waals surface area contributed by atoms with Crippen molar-refractivity contribution in [2.24, 2.45) is 0 Å². The zero-order chi connectivity index (χ0) is 16.4. The Morgan fingerprint density at radius 2 is 1.77 bits per heavy atom. The minimum atomic E-state index is -1.50. The van der Waals surface area contributed by atoms with Crippen LogP contribution < -0.4 is 5.46 Å². The van der Waals surface area contributed by atoms with E-state index in [1.807, 2.05) is 36.4 Å². The molecule has 0 amide bonds. The van der Waals surface area contributed by atoms with Gasteiger partial charge in [-0.15, -0.1) is 0 Å². The van der Waals surface area contributed by atoms with Gasteiger partial charge in [-0.2, -0.15) is 0 Å². The van der Waals surface area contributed by atoms with Gasteiger partial charge in [-0.25, -0.2) is 0 Å². The third-order valence-corrected chi connectivity index (χ3v) is 3.01. The molecule has 1 aromatic rings. The van der Waals surface area contributed by atoms with E-state index in [4.69, 9.17) is 0 Å². The summed E-state index contributed by atoms with van der Waals surface area (Å²) in [6.45, 7) is 11.1.